The van der Waals surface area contributed by atoms with Crippen LogP contribution in [0.2, 0.25) is 0 Å². The molecule has 1 heterocycles. The molecular weight excluding hydrogens is 351 g/mol. The second-order valence-electron chi connectivity index (χ2n) is 6.36. The molecule has 0 aromatic rings. The van der Waals surface area contributed by atoms with Gasteiger partial charge in [0.15, 0.2) is 10.8 Å². The maximum absolute atomic E-state index is 12.0. The Hall–Kier alpha value is -1.30. The highest BCUT2D eigenvalue weighted by Gasteiger charge is 2.53. The topological polar surface area (TPSA) is 85.4 Å². The van der Waals surface area contributed by atoms with Gasteiger partial charge in [-0.2, -0.15) is 0 Å². The second-order valence-corrected chi connectivity index (χ2v) is 7.38. The monoisotopic (exact) mass is 370 g/mol. The van der Waals surface area contributed by atoms with Gasteiger partial charge in [0, 0.05) is 17.6 Å². The van der Waals surface area contributed by atoms with E-state index in [1.165, 1.54) is 0 Å². The van der Waals surface area contributed by atoms with E-state index in [1.54, 1.807) is 18.2 Å². The van der Waals surface area contributed by atoms with E-state index in [-0.39, 0.29) is 18.2 Å². The predicted octanol–water partition coefficient (Wildman–Crippen LogP) is 3.16. The number of alkyl halides is 2. The quantitative estimate of drug-likeness (QED) is 0.442. The Morgan fingerprint density at radius 2 is 2.33 bits per heavy atom. The molecule has 2 aliphatic carbocycles. The lowest BCUT2D eigenvalue weighted by atomic mass is 9.76. The van der Waals surface area contributed by atoms with Crippen LogP contribution in [0.25, 0.3) is 0 Å². The highest BCUT2D eigenvalue weighted by molar-refractivity contribution is 6.34. The third kappa shape index (κ3) is 2.79. The fraction of sp³-hybridized carbons (Fsp3) is 0.529. The van der Waals surface area contributed by atoms with Crippen LogP contribution in [0, 0.1) is 5.41 Å². The van der Waals surface area contributed by atoms with E-state index in [9.17, 15) is 4.79 Å². The molecule has 0 saturated carbocycles. The maximum atomic E-state index is 12.0. The molecule has 3 atom stereocenters. The van der Waals surface area contributed by atoms with E-state index in [1.807, 2.05) is 0 Å². The fourth-order valence-electron chi connectivity index (χ4n) is 3.53. The smallest absolute Gasteiger partial charge is 0.181 e. The van der Waals surface area contributed by atoms with Crippen LogP contribution >= 0.6 is 23.2 Å². The zero-order valence-electron chi connectivity index (χ0n) is 13.4. The highest BCUT2D eigenvalue weighted by Crippen LogP contribution is 2.53. The molecule has 0 aromatic carbocycles. The van der Waals surface area contributed by atoms with Gasteiger partial charge in [-0.05, 0) is 31.1 Å². The van der Waals surface area contributed by atoms with Gasteiger partial charge < -0.3 is 15.2 Å². The summed E-state index contributed by atoms with van der Waals surface area (Å²) in [6, 6.07) is 0. The first-order valence-electron chi connectivity index (χ1n) is 7.99. The van der Waals surface area contributed by atoms with Crippen molar-refractivity contribution in [2.75, 3.05) is 6.61 Å². The Balaban J connectivity index is 1.97. The minimum Gasteiger partial charge on any atom is -0.482 e. The van der Waals surface area contributed by atoms with Crippen LogP contribution in [-0.4, -0.2) is 34.3 Å². The number of hydrogen-bond acceptors (Lipinski definition) is 4. The molecule has 0 spiro atoms. The van der Waals surface area contributed by atoms with Crippen molar-refractivity contribution in [3.05, 3.63) is 35.1 Å². The lowest BCUT2D eigenvalue weighted by Gasteiger charge is -2.35. The van der Waals surface area contributed by atoms with Crippen LogP contribution in [0.15, 0.2) is 35.1 Å². The first-order chi connectivity index (χ1) is 11.3. The number of nitrogens with one attached hydrogen (secondary N) is 1. The lowest BCUT2D eigenvalue weighted by molar-refractivity contribution is -0.116. The van der Waals surface area contributed by atoms with Gasteiger partial charge in [0.25, 0.3) is 0 Å². The number of fused-ring (bicyclic) bond motifs is 2. The summed E-state index contributed by atoms with van der Waals surface area (Å²) in [5.74, 6) is 0.576. The molecule has 7 heteroatoms. The molecule has 0 bridgehead atoms. The van der Waals surface area contributed by atoms with E-state index in [0.717, 1.165) is 18.4 Å². The van der Waals surface area contributed by atoms with E-state index in [2.05, 4.69) is 6.92 Å². The summed E-state index contributed by atoms with van der Waals surface area (Å²) in [5, 5.41) is 5.23. The third-order valence-electron chi connectivity index (χ3n) is 4.60. The molecule has 130 valence electrons. The van der Waals surface area contributed by atoms with E-state index in [0.29, 0.717) is 24.2 Å². The second kappa shape index (κ2) is 6.21. The van der Waals surface area contributed by atoms with Gasteiger partial charge in [0.05, 0.1) is 0 Å². The van der Waals surface area contributed by atoms with Crippen molar-refractivity contribution in [1.29, 1.82) is 5.41 Å². The lowest BCUT2D eigenvalue weighted by Crippen LogP contribution is -2.41. The summed E-state index contributed by atoms with van der Waals surface area (Å²) in [7, 11) is 0. The van der Waals surface area contributed by atoms with Crippen molar-refractivity contribution in [3.63, 3.8) is 0 Å². The number of ether oxygens (including phenoxy) is 2. The molecule has 0 amide bonds. The fourth-order valence-corrected chi connectivity index (χ4v) is 4.12. The molecule has 5 nitrogen and oxygen atoms in total. The predicted molar refractivity (Wildman–Crippen MR) is 93.3 cm³/mol. The average molecular weight is 371 g/mol. The summed E-state index contributed by atoms with van der Waals surface area (Å²) in [6.45, 7) is 1.96. The molecule has 3 aliphatic rings. The van der Waals surface area contributed by atoms with Crippen LogP contribution in [0.1, 0.15) is 32.6 Å². The minimum absolute atomic E-state index is 0.0670. The summed E-state index contributed by atoms with van der Waals surface area (Å²) in [4.78, 5) is 12.0. The Labute approximate surface area is 151 Å². The van der Waals surface area contributed by atoms with Crippen LogP contribution in [0.4, 0.5) is 0 Å². The summed E-state index contributed by atoms with van der Waals surface area (Å²) < 4.78 is 11.8. The van der Waals surface area contributed by atoms with Crippen molar-refractivity contribution in [1.82, 2.24) is 0 Å². The number of nitrogens with two attached hydrogens (primary N) is 1. The van der Waals surface area contributed by atoms with Gasteiger partial charge in [-0.15, -0.1) is 11.6 Å². The van der Waals surface area contributed by atoms with Gasteiger partial charge >= 0.3 is 0 Å². The van der Waals surface area contributed by atoms with E-state index < -0.39 is 16.0 Å². The number of amidine groups is 1. The van der Waals surface area contributed by atoms with Crippen LogP contribution in [0.3, 0.4) is 0 Å². The number of halogens is 2. The van der Waals surface area contributed by atoms with Gasteiger partial charge in [-0.25, -0.2) is 0 Å². The van der Waals surface area contributed by atoms with Crippen molar-refractivity contribution in [2.45, 2.75) is 48.6 Å². The van der Waals surface area contributed by atoms with E-state index >= 15 is 0 Å². The van der Waals surface area contributed by atoms with Crippen LogP contribution in [-0.2, 0) is 14.3 Å². The average Bonchev–Trinajstić information content (AvgIpc) is 2.84. The first-order valence-corrected chi connectivity index (χ1v) is 8.80. The minimum atomic E-state index is -1.33. The number of ketones is 1. The van der Waals surface area contributed by atoms with Crippen molar-refractivity contribution < 1.29 is 14.3 Å². The molecule has 3 N–H and O–H groups in total. The molecule has 24 heavy (non-hydrogen) atoms. The maximum Gasteiger partial charge on any atom is 0.181 e. The van der Waals surface area contributed by atoms with Crippen molar-refractivity contribution in [3.8, 4) is 0 Å². The molecule has 0 fully saturated rings. The molecule has 0 radical (unpaired) electrons. The molecule has 3 rings (SSSR count). The Bertz CT molecular complexity index is 685. The van der Waals surface area contributed by atoms with E-state index in [4.69, 9.17) is 43.8 Å². The highest BCUT2D eigenvalue weighted by atomic mass is 35.5. The summed E-state index contributed by atoms with van der Waals surface area (Å²) >= 11 is 13.2. The summed E-state index contributed by atoms with van der Waals surface area (Å²) in [6.07, 6.45) is 7.83. The zero-order valence-corrected chi connectivity index (χ0v) is 14.9. The van der Waals surface area contributed by atoms with Gasteiger partial charge in [-0.3, -0.25) is 10.2 Å². The number of allylic oxidation sites excluding steroid dienone is 2. The van der Waals surface area contributed by atoms with Gasteiger partial charge in [0.1, 0.15) is 29.2 Å². The van der Waals surface area contributed by atoms with Gasteiger partial charge in [-0.1, -0.05) is 24.9 Å². The van der Waals surface area contributed by atoms with Crippen molar-refractivity contribution in [2.24, 2.45) is 5.73 Å². The zero-order chi connectivity index (χ0) is 17.5. The molecule has 0 saturated heterocycles. The normalized spacial score (nSPS) is 34.5. The molecular formula is C17H20Cl2N2O3. The van der Waals surface area contributed by atoms with Crippen molar-refractivity contribution >= 4 is 34.8 Å². The molecule has 3 unspecified atom stereocenters. The number of hydrogen-bond donors (Lipinski definition) is 2. The first kappa shape index (κ1) is 17.5. The standard InChI is InChI=1S/C17H20Cl2N2O3/c1-2-5-16-6-3-10(22)8-11(16)14-12(24-16)4-7-17(19,15(14)18)23-9-13(20)21/h4,7-8,15H,2-3,5-6,9H2,1H3,(H3,20,21). The van der Waals surface area contributed by atoms with Crippen LogP contribution < -0.4 is 5.73 Å². The Kier molecular flexibility index (Phi) is 4.53. The van der Waals surface area contributed by atoms with Gasteiger partial charge in [0.2, 0.25) is 0 Å². The third-order valence-corrected chi connectivity index (χ3v) is 5.70. The van der Waals surface area contributed by atoms with Crippen LogP contribution in [0.5, 0.6) is 0 Å². The molecule has 1 aliphatic heterocycles. The SMILES string of the molecule is CCCC12CCC(=O)C=C1C1=C(C=CC(Cl)(OCC(=N)N)C1Cl)O2. The largest absolute Gasteiger partial charge is 0.482 e. The summed E-state index contributed by atoms with van der Waals surface area (Å²) in [5.41, 5.74) is 6.36. The number of rotatable bonds is 5. The molecule has 0 aromatic heterocycles. The Morgan fingerprint density at radius 1 is 1.58 bits per heavy atom. The number of carbonyl (C=O) groups is 1. The Morgan fingerprint density at radius 3 is 3.00 bits per heavy atom. The number of carbonyl (C=O) groups excluding carboxylic acids is 1.